The first kappa shape index (κ1) is 15.4. The summed E-state index contributed by atoms with van der Waals surface area (Å²) >= 11 is 2.01. The molecule has 0 saturated heterocycles. The normalized spacial score (nSPS) is 10.2. The van der Waals surface area contributed by atoms with Gasteiger partial charge < -0.3 is 5.32 Å². The molecule has 7 heteroatoms. The highest BCUT2D eigenvalue weighted by molar-refractivity contribution is 14.1. The van der Waals surface area contributed by atoms with Gasteiger partial charge in [0.25, 0.3) is 11.6 Å². The number of para-hydroxylation sites is 1. The summed E-state index contributed by atoms with van der Waals surface area (Å²) < 4.78 is 14.5. The first-order valence-corrected chi connectivity index (χ1v) is 6.99. The Labute approximate surface area is 133 Å². The van der Waals surface area contributed by atoms with Crippen LogP contribution in [0.15, 0.2) is 36.4 Å². The number of amides is 1. The summed E-state index contributed by atoms with van der Waals surface area (Å²) in [4.78, 5) is 22.4. The minimum absolute atomic E-state index is 0.341. The molecule has 1 N–H and O–H groups in total. The van der Waals surface area contributed by atoms with Crippen molar-refractivity contribution in [3.63, 3.8) is 0 Å². The van der Waals surface area contributed by atoms with Gasteiger partial charge in [-0.05, 0) is 47.2 Å². The lowest BCUT2D eigenvalue weighted by atomic mass is 10.1. The lowest BCUT2D eigenvalue weighted by Gasteiger charge is -2.09. The number of nitrogens with one attached hydrogen (secondary N) is 1. The molecule has 0 heterocycles. The number of nitro benzene ring substituents is 1. The zero-order valence-corrected chi connectivity index (χ0v) is 13.0. The minimum atomic E-state index is -0.847. The molecule has 0 unspecified atom stereocenters. The second-order valence-corrected chi connectivity index (χ2v) is 5.36. The predicted molar refractivity (Wildman–Crippen MR) is 84.9 cm³/mol. The molecule has 1 amide bonds. The van der Waals surface area contributed by atoms with Gasteiger partial charge in [-0.25, -0.2) is 4.39 Å². The van der Waals surface area contributed by atoms with E-state index in [1.54, 1.807) is 12.1 Å². The molecule has 0 aromatic heterocycles. The number of carbonyl (C=O) groups is 1. The molecule has 5 nitrogen and oxygen atoms in total. The Kier molecular flexibility index (Phi) is 4.51. The monoisotopic (exact) mass is 400 g/mol. The van der Waals surface area contributed by atoms with Gasteiger partial charge in [0, 0.05) is 9.64 Å². The standard InChI is InChI=1S/C14H10FIN2O3/c1-8-4-2-5-9(12(8)16)14(19)17-13-10(15)6-3-7-11(13)18(20)21/h2-7H,1H3,(H,17,19). The van der Waals surface area contributed by atoms with E-state index in [0.717, 1.165) is 17.7 Å². The molecule has 21 heavy (non-hydrogen) atoms. The Morgan fingerprint density at radius 1 is 1.29 bits per heavy atom. The van der Waals surface area contributed by atoms with Crippen LogP contribution in [0.4, 0.5) is 15.8 Å². The van der Waals surface area contributed by atoms with Gasteiger partial charge >= 0.3 is 0 Å². The summed E-state index contributed by atoms with van der Waals surface area (Å²) in [5, 5.41) is 13.2. The van der Waals surface area contributed by atoms with Crippen molar-refractivity contribution in [3.05, 3.63) is 67.0 Å². The highest BCUT2D eigenvalue weighted by Gasteiger charge is 2.21. The molecule has 0 aliphatic heterocycles. The first-order valence-electron chi connectivity index (χ1n) is 5.91. The van der Waals surface area contributed by atoms with Gasteiger partial charge in [0.2, 0.25) is 0 Å². The van der Waals surface area contributed by atoms with Gasteiger partial charge in [0.1, 0.15) is 0 Å². The minimum Gasteiger partial charge on any atom is -0.314 e. The molecule has 0 fully saturated rings. The van der Waals surface area contributed by atoms with E-state index in [1.165, 1.54) is 6.07 Å². The summed E-state index contributed by atoms with van der Waals surface area (Å²) in [6.07, 6.45) is 0. The molecule has 0 bridgehead atoms. The maximum absolute atomic E-state index is 13.7. The molecule has 0 radical (unpaired) electrons. The number of nitro groups is 1. The zero-order valence-electron chi connectivity index (χ0n) is 10.9. The van der Waals surface area contributed by atoms with E-state index in [0.29, 0.717) is 9.13 Å². The number of aryl methyl sites for hydroxylation is 1. The van der Waals surface area contributed by atoms with Crippen LogP contribution < -0.4 is 5.32 Å². The fourth-order valence-corrected chi connectivity index (χ4v) is 2.40. The Morgan fingerprint density at radius 2 is 1.95 bits per heavy atom. The van der Waals surface area contributed by atoms with Gasteiger partial charge in [-0.2, -0.15) is 0 Å². The molecule has 108 valence electrons. The maximum atomic E-state index is 13.7. The van der Waals surface area contributed by atoms with Crippen LogP contribution in [-0.2, 0) is 0 Å². The summed E-state index contributed by atoms with van der Waals surface area (Å²) in [6.45, 7) is 1.84. The lowest BCUT2D eigenvalue weighted by Crippen LogP contribution is -2.16. The molecule has 0 spiro atoms. The zero-order chi connectivity index (χ0) is 15.6. The number of carbonyl (C=O) groups excluding carboxylic acids is 1. The molecular formula is C14H10FIN2O3. The number of nitrogens with zero attached hydrogens (tertiary/aromatic N) is 1. The van der Waals surface area contributed by atoms with E-state index in [2.05, 4.69) is 5.32 Å². The molecule has 0 aliphatic carbocycles. The molecule has 0 aliphatic rings. The molecular weight excluding hydrogens is 390 g/mol. The van der Waals surface area contributed by atoms with Crippen molar-refractivity contribution in [2.45, 2.75) is 6.92 Å². The molecule has 0 saturated carbocycles. The topological polar surface area (TPSA) is 72.2 Å². The number of rotatable bonds is 3. The van der Waals surface area contributed by atoms with Crippen LogP contribution in [0.5, 0.6) is 0 Å². The average molecular weight is 400 g/mol. The third-order valence-corrected chi connectivity index (χ3v) is 4.30. The Balaban J connectivity index is 2.41. The van der Waals surface area contributed by atoms with Crippen LogP contribution in [0.3, 0.4) is 0 Å². The van der Waals surface area contributed by atoms with Crippen LogP contribution in [0.2, 0.25) is 0 Å². The summed E-state index contributed by atoms with van der Waals surface area (Å²) in [6, 6.07) is 8.53. The number of benzene rings is 2. The third-order valence-electron chi connectivity index (χ3n) is 2.86. The van der Waals surface area contributed by atoms with Gasteiger partial charge in [-0.15, -0.1) is 0 Å². The fourth-order valence-electron chi connectivity index (χ4n) is 1.79. The molecule has 0 atom stereocenters. The fraction of sp³-hybridized carbons (Fsp3) is 0.0714. The maximum Gasteiger partial charge on any atom is 0.295 e. The SMILES string of the molecule is Cc1cccc(C(=O)Nc2c(F)cccc2[N+](=O)[O-])c1I. The number of hydrogen-bond donors (Lipinski definition) is 1. The Morgan fingerprint density at radius 3 is 2.62 bits per heavy atom. The first-order chi connectivity index (χ1) is 9.91. The van der Waals surface area contributed by atoms with Crippen LogP contribution in [-0.4, -0.2) is 10.8 Å². The van der Waals surface area contributed by atoms with Gasteiger partial charge in [0.05, 0.1) is 10.5 Å². The van der Waals surface area contributed by atoms with E-state index in [-0.39, 0.29) is 0 Å². The van der Waals surface area contributed by atoms with E-state index in [9.17, 15) is 19.3 Å². The van der Waals surface area contributed by atoms with E-state index in [4.69, 9.17) is 0 Å². The molecule has 2 aromatic carbocycles. The number of halogens is 2. The van der Waals surface area contributed by atoms with Crippen molar-refractivity contribution in [1.29, 1.82) is 0 Å². The Bertz CT molecular complexity index is 734. The highest BCUT2D eigenvalue weighted by atomic mass is 127. The van der Waals surface area contributed by atoms with Crippen LogP contribution in [0.25, 0.3) is 0 Å². The predicted octanol–water partition coefficient (Wildman–Crippen LogP) is 3.90. The summed E-state index contributed by atoms with van der Waals surface area (Å²) in [7, 11) is 0. The summed E-state index contributed by atoms with van der Waals surface area (Å²) in [5.74, 6) is -1.43. The van der Waals surface area contributed by atoms with Crippen molar-refractivity contribution < 1.29 is 14.1 Å². The van der Waals surface area contributed by atoms with Crippen molar-refractivity contribution in [2.24, 2.45) is 0 Å². The smallest absolute Gasteiger partial charge is 0.295 e. The van der Waals surface area contributed by atoms with Crippen LogP contribution >= 0.6 is 22.6 Å². The van der Waals surface area contributed by atoms with E-state index >= 15 is 0 Å². The Hall–Kier alpha value is -2.03. The highest BCUT2D eigenvalue weighted by Crippen LogP contribution is 2.28. The van der Waals surface area contributed by atoms with Crippen molar-refractivity contribution in [1.82, 2.24) is 0 Å². The van der Waals surface area contributed by atoms with Gasteiger partial charge in [0.15, 0.2) is 11.5 Å². The van der Waals surface area contributed by atoms with E-state index in [1.807, 2.05) is 35.6 Å². The second-order valence-electron chi connectivity index (χ2n) is 4.28. The van der Waals surface area contributed by atoms with Crippen LogP contribution in [0.1, 0.15) is 15.9 Å². The number of anilines is 1. The van der Waals surface area contributed by atoms with Crippen molar-refractivity contribution >= 4 is 39.9 Å². The molecule has 2 rings (SSSR count). The van der Waals surface area contributed by atoms with Gasteiger partial charge in [-0.1, -0.05) is 18.2 Å². The summed E-state index contributed by atoms with van der Waals surface area (Å²) in [5.41, 5.74) is 0.329. The number of hydrogen-bond acceptors (Lipinski definition) is 3. The molecule has 2 aromatic rings. The van der Waals surface area contributed by atoms with Crippen molar-refractivity contribution in [2.75, 3.05) is 5.32 Å². The largest absolute Gasteiger partial charge is 0.314 e. The third kappa shape index (κ3) is 3.18. The average Bonchev–Trinajstić information content (AvgIpc) is 2.43. The van der Waals surface area contributed by atoms with Crippen molar-refractivity contribution in [3.8, 4) is 0 Å². The lowest BCUT2D eigenvalue weighted by molar-refractivity contribution is -0.384. The second kappa shape index (κ2) is 6.17. The van der Waals surface area contributed by atoms with Crippen LogP contribution in [0, 0.1) is 26.4 Å². The van der Waals surface area contributed by atoms with E-state index < -0.39 is 28.0 Å². The quantitative estimate of drug-likeness (QED) is 0.483. The van der Waals surface area contributed by atoms with Gasteiger partial charge in [-0.3, -0.25) is 14.9 Å².